The third-order valence-corrected chi connectivity index (χ3v) is 3.67. The summed E-state index contributed by atoms with van der Waals surface area (Å²) in [7, 11) is 1.64. The highest BCUT2D eigenvalue weighted by Gasteiger charge is 2.21. The fourth-order valence-electron chi connectivity index (χ4n) is 2.29. The Morgan fingerprint density at radius 1 is 1.38 bits per heavy atom. The molecule has 1 aromatic carbocycles. The van der Waals surface area contributed by atoms with Crippen molar-refractivity contribution in [2.45, 2.75) is 6.92 Å². The summed E-state index contributed by atoms with van der Waals surface area (Å²) in [6.45, 7) is 1.77. The van der Waals surface area contributed by atoms with Gasteiger partial charge in [-0.1, -0.05) is 17.7 Å². The molecule has 3 aromatic rings. The van der Waals surface area contributed by atoms with E-state index in [0.717, 1.165) is 6.20 Å². The van der Waals surface area contributed by atoms with E-state index in [9.17, 15) is 14.9 Å². The monoisotopic (exact) mass is 346 g/mol. The Balaban J connectivity index is 2.07. The van der Waals surface area contributed by atoms with Gasteiger partial charge in [-0.05, 0) is 13.0 Å². The SMILES string of the molecule is Cc1cc(OC(=O)c2c(Cl)ccc3cc([N+](=O)[O-])cnc23)n(C)n1. The molecule has 0 N–H and O–H groups in total. The number of nitrogens with zero attached hydrogens (tertiary/aromatic N) is 4. The third kappa shape index (κ3) is 2.79. The van der Waals surface area contributed by atoms with Gasteiger partial charge in [0.25, 0.3) is 5.69 Å². The highest BCUT2D eigenvalue weighted by molar-refractivity contribution is 6.35. The Kier molecular flexibility index (Phi) is 3.90. The van der Waals surface area contributed by atoms with Crippen molar-refractivity contribution < 1.29 is 14.5 Å². The molecule has 2 aromatic heterocycles. The zero-order valence-corrected chi connectivity index (χ0v) is 13.4. The highest BCUT2D eigenvalue weighted by Crippen LogP contribution is 2.28. The molecular weight excluding hydrogens is 336 g/mol. The van der Waals surface area contributed by atoms with Crippen LogP contribution in [0.15, 0.2) is 30.5 Å². The highest BCUT2D eigenvalue weighted by atomic mass is 35.5. The van der Waals surface area contributed by atoms with E-state index in [1.165, 1.54) is 16.8 Å². The zero-order valence-electron chi connectivity index (χ0n) is 12.7. The summed E-state index contributed by atoms with van der Waals surface area (Å²) in [6.07, 6.45) is 1.07. The van der Waals surface area contributed by atoms with E-state index < -0.39 is 10.9 Å². The predicted octanol–water partition coefficient (Wildman–Crippen LogP) is 3.06. The van der Waals surface area contributed by atoms with Gasteiger partial charge in [-0.2, -0.15) is 5.10 Å². The molecule has 0 amide bonds. The average molecular weight is 347 g/mol. The molecule has 0 saturated carbocycles. The molecule has 122 valence electrons. The van der Waals surface area contributed by atoms with Gasteiger partial charge in [-0.3, -0.25) is 10.1 Å². The van der Waals surface area contributed by atoms with E-state index in [2.05, 4.69) is 10.1 Å². The number of hydrogen-bond donors (Lipinski definition) is 0. The van der Waals surface area contributed by atoms with Crippen LogP contribution < -0.4 is 4.74 Å². The van der Waals surface area contributed by atoms with Gasteiger partial charge in [0, 0.05) is 24.6 Å². The minimum absolute atomic E-state index is 0.0444. The molecule has 9 heteroatoms. The van der Waals surface area contributed by atoms with E-state index in [-0.39, 0.29) is 27.7 Å². The first-order valence-electron chi connectivity index (χ1n) is 6.82. The van der Waals surface area contributed by atoms with Gasteiger partial charge in [0.05, 0.1) is 21.2 Å². The summed E-state index contributed by atoms with van der Waals surface area (Å²) in [5, 5.41) is 15.5. The number of rotatable bonds is 3. The molecular formula is C15H11ClN4O4. The molecule has 0 saturated heterocycles. The minimum Gasteiger partial charge on any atom is -0.404 e. The topological polar surface area (TPSA) is 100 Å². The minimum atomic E-state index is -0.713. The van der Waals surface area contributed by atoms with E-state index in [1.807, 2.05) is 0 Å². The molecule has 0 radical (unpaired) electrons. The molecule has 0 fully saturated rings. The second-order valence-corrected chi connectivity index (χ2v) is 5.49. The van der Waals surface area contributed by atoms with Crippen LogP contribution in [0.5, 0.6) is 5.88 Å². The normalized spacial score (nSPS) is 10.8. The molecule has 24 heavy (non-hydrogen) atoms. The lowest BCUT2D eigenvalue weighted by Crippen LogP contribution is -2.12. The van der Waals surface area contributed by atoms with Gasteiger partial charge in [-0.25, -0.2) is 14.5 Å². The smallest absolute Gasteiger partial charge is 0.348 e. The van der Waals surface area contributed by atoms with Gasteiger partial charge in [-0.15, -0.1) is 0 Å². The predicted molar refractivity (Wildman–Crippen MR) is 86.3 cm³/mol. The van der Waals surface area contributed by atoms with Crippen LogP contribution in [0.3, 0.4) is 0 Å². The number of esters is 1. The maximum absolute atomic E-state index is 12.5. The summed E-state index contributed by atoms with van der Waals surface area (Å²) < 4.78 is 6.74. The Bertz CT molecular complexity index is 983. The first-order valence-corrected chi connectivity index (χ1v) is 7.20. The van der Waals surface area contributed by atoms with Crippen molar-refractivity contribution in [3.05, 3.63) is 56.9 Å². The second kappa shape index (κ2) is 5.89. The summed E-state index contributed by atoms with van der Waals surface area (Å²) in [4.78, 5) is 26.8. The lowest BCUT2D eigenvalue weighted by Gasteiger charge is -2.08. The number of nitro groups is 1. The average Bonchev–Trinajstić information content (AvgIpc) is 2.83. The van der Waals surface area contributed by atoms with Gasteiger partial charge in [0.1, 0.15) is 11.8 Å². The van der Waals surface area contributed by atoms with Crippen LogP contribution in [0.4, 0.5) is 5.69 Å². The van der Waals surface area contributed by atoms with Gasteiger partial charge < -0.3 is 4.74 Å². The Hall–Kier alpha value is -3.00. The maximum Gasteiger partial charge on any atom is 0.348 e. The van der Waals surface area contributed by atoms with Gasteiger partial charge in [0.15, 0.2) is 0 Å². The summed E-state index contributed by atoms with van der Waals surface area (Å²) in [5.74, 6) is -0.456. The van der Waals surface area contributed by atoms with Crippen molar-refractivity contribution in [1.29, 1.82) is 0 Å². The number of fused-ring (bicyclic) bond motifs is 1. The van der Waals surface area contributed by atoms with Crippen LogP contribution in [0.25, 0.3) is 10.9 Å². The van der Waals surface area contributed by atoms with E-state index in [4.69, 9.17) is 16.3 Å². The van der Waals surface area contributed by atoms with Crippen molar-refractivity contribution in [3.8, 4) is 5.88 Å². The quantitative estimate of drug-likeness (QED) is 0.410. The Morgan fingerprint density at radius 3 is 2.75 bits per heavy atom. The lowest BCUT2D eigenvalue weighted by molar-refractivity contribution is -0.385. The fourth-order valence-corrected chi connectivity index (χ4v) is 2.52. The van der Waals surface area contributed by atoms with E-state index in [0.29, 0.717) is 11.1 Å². The van der Waals surface area contributed by atoms with Crippen LogP contribution in [0.2, 0.25) is 5.02 Å². The van der Waals surface area contributed by atoms with Crippen molar-refractivity contribution >= 4 is 34.2 Å². The first-order chi connectivity index (χ1) is 11.4. The van der Waals surface area contributed by atoms with Crippen LogP contribution >= 0.6 is 11.6 Å². The number of hydrogen-bond acceptors (Lipinski definition) is 6. The number of carbonyl (C=O) groups is 1. The molecule has 0 spiro atoms. The van der Waals surface area contributed by atoms with E-state index >= 15 is 0 Å². The molecule has 2 heterocycles. The molecule has 3 rings (SSSR count). The van der Waals surface area contributed by atoms with Crippen molar-refractivity contribution in [2.75, 3.05) is 0 Å². The summed E-state index contributed by atoms with van der Waals surface area (Å²) in [6, 6.07) is 5.96. The molecule has 0 atom stereocenters. The standard InChI is InChI=1S/C15H11ClN4O4/c1-8-5-12(19(2)18-8)24-15(21)13-11(16)4-3-9-6-10(20(22)23)7-17-14(9)13/h3-7H,1-2H3. The van der Waals surface area contributed by atoms with Gasteiger partial charge >= 0.3 is 5.97 Å². The number of benzene rings is 1. The molecule has 0 aliphatic carbocycles. The molecule has 0 bridgehead atoms. The Morgan fingerprint density at radius 2 is 2.12 bits per heavy atom. The van der Waals surface area contributed by atoms with Crippen LogP contribution in [-0.4, -0.2) is 25.7 Å². The summed E-state index contributed by atoms with van der Waals surface area (Å²) in [5.41, 5.74) is 0.796. The second-order valence-electron chi connectivity index (χ2n) is 5.08. The largest absolute Gasteiger partial charge is 0.404 e. The molecule has 0 unspecified atom stereocenters. The van der Waals surface area contributed by atoms with E-state index in [1.54, 1.807) is 26.1 Å². The van der Waals surface area contributed by atoms with Crippen molar-refractivity contribution in [3.63, 3.8) is 0 Å². The third-order valence-electron chi connectivity index (χ3n) is 3.36. The van der Waals surface area contributed by atoms with Crippen molar-refractivity contribution in [1.82, 2.24) is 14.8 Å². The number of halogens is 1. The number of pyridine rings is 1. The molecule has 0 aliphatic heterocycles. The summed E-state index contributed by atoms with van der Waals surface area (Å²) >= 11 is 6.11. The van der Waals surface area contributed by atoms with Crippen LogP contribution in [0, 0.1) is 17.0 Å². The fraction of sp³-hybridized carbons (Fsp3) is 0.133. The van der Waals surface area contributed by atoms with Crippen LogP contribution in [-0.2, 0) is 7.05 Å². The molecule has 0 aliphatic rings. The van der Waals surface area contributed by atoms with Crippen LogP contribution in [0.1, 0.15) is 16.1 Å². The number of carbonyl (C=O) groups excluding carboxylic acids is 1. The Labute approximate surface area is 140 Å². The zero-order chi connectivity index (χ0) is 17.4. The van der Waals surface area contributed by atoms with Crippen molar-refractivity contribution in [2.24, 2.45) is 7.05 Å². The first kappa shape index (κ1) is 15.9. The molecule has 8 nitrogen and oxygen atoms in total. The van der Waals surface area contributed by atoms with Gasteiger partial charge in [0.2, 0.25) is 5.88 Å². The number of aromatic nitrogens is 3. The number of ether oxygens (including phenoxy) is 1. The lowest BCUT2D eigenvalue weighted by atomic mass is 10.1. The number of aryl methyl sites for hydroxylation is 2. The maximum atomic E-state index is 12.5.